The van der Waals surface area contributed by atoms with Crippen LogP contribution in [0.25, 0.3) is 10.1 Å². The van der Waals surface area contributed by atoms with E-state index in [1.165, 1.54) is 0 Å². The predicted molar refractivity (Wildman–Crippen MR) is 66.5 cm³/mol. The second kappa shape index (κ2) is 3.48. The third kappa shape index (κ3) is 1.45. The molecule has 0 bridgehead atoms. The van der Waals surface area contributed by atoms with Crippen LogP contribution in [0, 0.1) is 14.9 Å². The van der Waals surface area contributed by atoms with Crippen molar-refractivity contribution in [2.75, 3.05) is 0 Å². The van der Waals surface area contributed by atoms with Crippen molar-refractivity contribution in [3.05, 3.63) is 26.6 Å². The number of rotatable bonds is 0. The summed E-state index contributed by atoms with van der Waals surface area (Å²) in [4.78, 5) is 0.921. The van der Waals surface area contributed by atoms with Crippen LogP contribution in [-0.4, -0.2) is 0 Å². The smallest absolute Gasteiger partial charge is 0.100 e. The molecular weight excluding hydrogens is 313 g/mol. The lowest BCUT2D eigenvalue weighted by molar-refractivity contribution is 1.43. The van der Waals surface area contributed by atoms with Crippen LogP contribution >= 0.6 is 46.6 Å². The largest absolute Gasteiger partial charge is 0.192 e. The SMILES string of the molecule is N#Cc1cc2ccsc2c(S)c1I. The molecule has 2 aromatic rings. The summed E-state index contributed by atoms with van der Waals surface area (Å²) in [7, 11) is 0. The van der Waals surface area contributed by atoms with E-state index in [4.69, 9.17) is 5.26 Å². The van der Waals surface area contributed by atoms with Crippen molar-refractivity contribution in [3.63, 3.8) is 0 Å². The van der Waals surface area contributed by atoms with Gasteiger partial charge in [0.1, 0.15) is 6.07 Å². The van der Waals surface area contributed by atoms with Gasteiger partial charge in [0.15, 0.2) is 0 Å². The number of thiol groups is 1. The molecule has 0 aliphatic heterocycles. The Balaban J connectivity index is 2.94. The number of nitriles is 1. The van der Waals surface area contributed by atoms with Gasteiger partial charge < -0.3 is 0 Å². The van der Waals surface area contributed by atoms with E-state index in [0.717, 1.165) is 18.6 Å². The molecule has 0 atom stereocenters. The molecule has 0 spiro atoms. The first kappa shape index (κ1) is 9.31. The lowest BCUT2D eigenvalue weighted by Gasteiger charge is -2.00. The Hall–Kier alpha value is -0.250. The second-order valence-electron chi connectivity index (χ2n) is 2.54. The molecule has 0 amide bonds. The molecule has 1 aromatic carbocycles. The summed E-state index contributed by atoms with van der Waals surface area (Å²) in [6.45, 7) is 0. The lowest BCUT2D eigenvalue weighted by Crippen LogP contribution is -1.83. The molecule has 0 aliphatic carbocycles. The molecule has 0 radical (unpaired) electrons. The Kier molecular flexibility index (Phi) is 2.49. The zero-order valence-corrected chi connectivity index (χ0v) is 10.3. The standard InChI is InChI=1S/C9H4INS2/c10-7-6(4-11)3-5-1-2-13-9(5)8(7)12/h1-3,12H. The van der Waals surface area contributed by atoms with Crippen LogP contribution in [0.1, 0.15) is 5.56 Å². The molecule has 64 valence electrons. The van der Waals surface area contributed by atoms with Crippen LogP contribution in [-0.2, 0) is 0 Å². The number of hydrogen-bond donors (Lipinski definition) is 1. The summed E-state index contributed by atoms with van der Waals surface area (Å²) in [5, 5.41) is 12.0. The molecule has 1 aromatic heterocycles. The van der Waals surface area contributed by atoms with Gasteiger partial charge in [-0.15, -0.1) is 24.0 Å². The Morgan fingerprint density at radius 1 is 1.54 bits per heavy atom. The zero-order chi connectivity index (χ0) is 9.42. The fraction of sp³-hybridized carbons (Fsp3) is 0. The molecule has 2 rings (SSSR count). The van der Waals surface area contributed by atoms with Crippen LogP contribution in [0.3, 0.4) is 0 Å². The van der Waals surface area contributed by atoms with E-state index in [-0.39, 0.29) is 0 Å². The van der Waals surface area contributed by atoms with E-state index >= 15 is 0 Å². The van der Waals surface area contributed by atoms with Crippen molar-refractivity contribution >= 4 is 56.6 Å². The predicted octanol–water partition coefficient (Wildman–Crippen LogP) is 3.67. The van der Waals surface area contributed by atoms with E-state index in [1.54, 1.807) is 11.3 Å². The number of fused-ring (bicyclic) bond motifs is 1. The molecule has 0 unspecified atom stereocenters. The Bertz CT molecular complexity index is 510. The first-order valence-electron chi connectivity index (χ1n) is 3.53. The molecule has 4 heteroatoms. The number of nitrogens with zero attached hydrogens (tertiary/aromatic N) is 1. The number of halogens is 1. The highest BCUT2D eigenvalue weighted by molar-refractivity contribution is 14.1. The van der Waals surface area contributed by atoms with Gasteiger partial charge in [0, 0.05) is 13.2 Å². The minimum atomic E-state index is 0.705. The van der Waals surface area contributed by atoms with Gasteiger partial charge in [0.2, 0.25) is 0 Å². The first-order valence-corrected chi connectivity index (χ1v) is 5.93. The molecule has 13 heavy (non-hydrogen) atoms. The van der Waals surface area contributed by atoms with E-state index in [0.29, 0.717) is 5.56 Å². The van der Waals surface area contributed by atoms with Crippen LogP contribution in [0.5, 0.6) is 0 Å². The van der Waals surface area contributed by atoms with E-state index in [2.05, 4.69) is 41.3 Å². The van der Waals surface area contributed by atoms with Crippen LogP contribution in [0.15, 0.2) is 22.4 Å². The number of hydrogen-bond acceptors (Lipinski definition) is 3. The number of benzene rings is 1. The fourth-order valence-electron chi connectivity index (χ4n) is 1.15. The van der Waals surface area contributed by atoms with E-state index in [9.17, 15) is 0 Å². The fourth-order valence-corrected chi connectivity index (χ4v) is 3.12. The van der Waals surface area contributed by atoms with Crippen molar-refractivity contribution in [2.45, 2.75) is 4.90 Å². The summed E-state index contributed by atoms with van der Waals surface area (Å²) in [5.74, 6) is 0. The van der Waals surface area contributed by atoms with Gasteiger partial charge in [0.05, 0.1) is 5.56 Å². The normalized spacial score (nSPS) is 10.2. The van der Waals surface area contributed by atoms with Crippen molar-refractivity contribution in [2.24, 2.45) is 0 Å². The van der Waals surface area contributed by atoms with Crippen molar-refractivity contribution in [1.82, 2.24) is 0 Å². The topological polar surface area (TPSA) is 23.8 Å². The van der Waals surface area contributed by atoms with Gasteiger partial charge in [-0.3, -0.25) is 0 Å². The van der Waals surface area contributed by atoms with Crippen molar-refractivity contribution in [1.29, 1.82) is 5.26 Å². The average Bonchev–Trinajstić information content (AvgIpc) is 2.59. The van der Waals surface area contributed by atoms with E-state index in [1.807, 2.05) is 17.5 Å². The van der Waals surface area contributed by atoms with Gasteiger partial charge in [-0.2, -0.15) is 5.26 Å². The third-order valence-corrected chi connectivity index (χ3v) is 4.87. The first-order chi connectivity index (χ1) is 6.24. The lowest BCUT2D eigenvalue weighted by atomic mass is 10.2. The highest BCUT2D eigenvalue weighted by Gasteiger charge is 2.08. The molecule has 0 N–H and O–H groups in total. The second-order valence-corrected chi connectivity index (χ2v) is 4.98. The Morgan fingerprint density at radius 2 is 2.31 bits per heavy atom. The minimum Gasteiger partial charge on any atom is -0.192 e. The summed E-state index contributed by atoms with van der Waals surface area (Å²) in [5.41, 5.74) is 0.705. The molecule has 0 saturated heterocycles. The molecule has 1 nitrogen and oxygen atoms in total. The molecule has 0 aliphatic rings. The van der Waals surface area contributed by atoms with Crippen molar-refractivity contribution in [3.8, 4) is 6.07 Å². The van der Waals surface area contributed by atoms with Gasteiger partial charge in [-0.25, -0.2) is 0 Å². The summed E-state index contributed by atoms with van der Waals surface area (Å²) in [6, 6.07) is 6.09. The van der Waals surface area contributed by atoms with Crippen LogP contribution in [0.2, 0.25) is 0 Å². The summed E-state index contributed by atoms with van der Waals surface area (Å²) < 4.78 is 2.10. The molecule has 0 saturated carbocycles. The van der Waals surface area contributed by atoms with Crippen LogP contribution in [0.4, 0.5) is 0 Å². The zero-order valence-electron chi connectivity index (χ0n) is 6.41. The Labute approximate surface area is 98.9 Å². The third-order valence-electron chi connectivity index (χ3n) is 1.78. The molecule has 1 heterocycles. The highest BCUT2D eigenvalue weighted by atomic mass is 127. The van der Waals surface area contributed by atoms with Gasteiger partial charge >= 0.3 is 0 Å². The minimum absolute atomic E-state index is 0.705. The maximum Gasteiger partial charge on any atom is 0.100 e. The van der Waals surface area contributed by atoms with Crippen molar-refractivity contribution < 1.29 is 0 Å². The Morgan fingerprint density at radius 3 is 3.00 bits per heavy atom. The summed E-state index contributed by atoms with van der Waals surface area (Å²) in [6.07, 6.45) is 0. The monoisotopic (exact) mass is 317 g/mol. The van der Waals surface area contributed by atoms with Gasteiger partial charge in [0.25, 0.3) is 0 Å². The van der Waals surface area contributed by atoms with Crippen LogP contribution < -0.4 is 0 Å². The van der Waals surface area contributed by atoms with Gasteiger partial charge in [-0.05, 0) is 45.5 Å². The van der Waals surface area contributed by atoms with Gasteiger partial charge in [-0.1, -0.05) is 0 Å². The average molecular weight is 317 g/mol. The maximum absolute atomic E-state index is 8.85. The van der Waals surface area contributed by atoms with E-state index < -0.39 is 0 Å². The quantitative estimate of drug-likeness (QED) is 0.582. The molecule has 0 fully saturated rings. The summed E-state index contributed by atoms with van der Waals surface area (Å²) >= 11 is 8.22. The highest BCUT2D eigenvalue weighted by Crippen LogP contribution is 2.33. The maximum atomic E-state index is 8.85. The number of thiophene rings is 1. The molecular formula is C9H4INS2.